The molecule has 28 heavy (non-hydrogen) atoms. The lowest BCUT2D eigenvalue weighted by molar-refractivity contribution is -0.384. The molecule has 11 heteroatoms. The minimum atomic E-state index is -3.78. The standard InChI is InChI=1S/C17H17ClN4O5S/c1-12(13-6-5-7-14(10-13)22(24)25)19-20-17(23)11-21(28(2,26)27)16-9-4-3-8-15(16)18/h3-10H,11H2,1-2H3,(H,20,23)/b19-12-. The molecule has 0 radical (unpaired) electrons. The lowest BCUT2D eigenvalue weighted by Crippen LogP contribution is -2.39. The summed E-state index contributed by atoms with van der Waals surface area (Å²) in [4.78, 5) is 22.5. The number of nitro benzene ring substituents is 1. The van der Waals surface area contributed by atoms with Crippen molar-refractivity contribution >= 4 is 44.6 Å². The molecule has 0 aromatic heterocycles. The number of halogens is 1. The van der Waals surface area contributed by atoms with Gasteiger partial charge in [-0.1, -0.05) is 35.9 Å². The van der Waals surface area contributed by atoms with E-state index < -0.39 is 27.4 Å². The summed E-state index contributed by atoms with van der Waals surface area (Å²) in [6.45, 7) is 1.02. The molecule has 1 N–H and O–H groups in total. The third-order valence-corrected chi connectivity index (χ3v) is 5.08. The highest BCUT2D eigenvalue weighted by Crippen LogP contribution is 2.26. The third kappa shape index (κ3) is 5.51. The average Bonchev–Trinajstić information content (AvgIpc) is 2.64. The Balaban J connectivity index is 2.17. The molecule has 2 rings (SSSR count). The zero-order valence-corrected chi connectivity index (χ0v) is 16.6. The Kier molecular flexibility index (Phi) is 6.71. The van der Waals surface area contributed by atoms with E-state index in [9.17, 15) is 23.3 Å². The first-order chi connectivity index (χ1) is 13.1. The van der Waals surface area contributed by atoms with E-state index in [4.69, 9.17) is 11.6 Å². The van der Waals surface area contributed by atoms with Gasteiger partial charge in [-0.3, -0.25) is 19.2 Å². The second-order valence-corrected chi connectivity index (χ2v) is 8.07. The second kappa shape index (κ2) is 8.81. The SMILES string of the molecule is C/C(=N/NC(=O)CN(c1ccccc1Cl)S(C)(=O)=O)c1cccc([N+](=O)[O-])c1. The van der Waals surface area contributed by atoms with E-state index >= 15 is 0 Å². The Bertz CT molecular complexity index is 1040. The predicted molar refractivity (Wildman–Crippen MR) is 107 cm³/mol. The number of nitrogens with one attached hydrogen (secondary N) is 1. The molecule has 2 aromatic carbocycles. The summed E-state index contributed by atoms with van der Waals surface area (Å²) < 4.78 is 25.0. The van der Waals surface area contributed by atoms with Crippen molar-refractivity contribution in [2.24, 2.45) is 5.10 Å². The number of nitro groups is 1. The van der Waals surface area contributed by atoms with Crippen molar-refractivity contribution in [2.75, 3.05) is 17.1 Å². The maximum absolute atomic E-state index is 12.2. The zero-order valence-electron chi connectivity index (χ0n) is 15.0. The first kappa shape index (κ1) is 21.3. The van der Waals surface area contributed by atoms with Gasteiger partial charge in [0.05, 0.1) is 27.6 Å². The zero-order chi connectivity index (χ0) is 20.9. The molecule has 0 aliphatic carbocycles. The van der Waals surface area contributed by atoms with Crippen LogP contribution >= 0.6 is 11.6 Å². The molecule has 0 unspecified atom stereocenters. The van der Waals surface area contributed by atoms with Crippen molar-refractivity contribution in [1.29, 1.82) is 0 Å². The van der Waals surface area contributed by atoms with Crippen molar-refractivity contribution in [3.63, 3.8) is 0 Å². The summed E-state index contributed by atoms with van der Waals surface area (Å²) in [6.07, 6.45) is 0.960. The van der Waals surface area contributed by atoms with Crippen LogP contribution in [0, 0.1) is 10.1 Å². The van der Waals surface area contributed by atoms with Crippen LogP contribution in [0.25, 0.3) is 0 Å². The van der Waals surface area contributed by atoms with E-state index in [1.54, 1.807) is 25.1 Å². The molecule has 0 heterocycles. The van der Waals surface area contributed by atoms with Crippen LogP contribution in [0.1, 0.15) is 12.5 Å². The molecule has 0 aliphatic heterocycles. The van der Waals surface area contributed by atoms with Gasteiger partial charge in [0, 0.05) is 17.7 Å². The summed E-state index contributed by atoms with van der Waals surface area (Å²) >= 11 is 6.04. The molecule has 0 atom stereocenters. The van der Waals surface area contributed by atoms with E-state index in [0.29, 0.717) is 11.3 Å². The number of carbonyl (C=O) groups excluding carboxylic acids is 1. The van der Waals surface area contributed by atoms with Crippen LogP contribution in [0.2, 0.25) is 5.02 Å². The number of hydrogen-bond acceptors (Lipinski definition) is 6. The maximum atomic E-state index is 12.2. The number of rotatable bonds is 7. The summed E-state index contributed by atoms with van der Waals surface area (Å²) in [5.74, 6) is -0.699. The fourth-order valence-electron chi connectivity index (χ4n) is 2.26. The lowest BCUT2D eigenvalue weighted by atomic mass is 10.1. The number of benzene rings is 2. The Morgan fingerprint density at radius 2 is 1.93 bits per heavy atom. The van der Waals surface area contributed by atoms with Crippen molar-refractivity contribution in [2.45, 2.75) is 6.92 Å². The topological polar surface area (TPSA) is 122 Å². The van der Waals surface area contributed by atoms with Gasteiger partial charge in [-0.15, -0.1) is 0 Å². The van der Waals surface area contributed by atoms with Gasteiger partial charge in [0.15, 0.2) is 0 Å². The van der Waals surface area contributed by atoms with Crippen LogP contribution in [-0.2, 0) is 14.8 Å². The van der Waals surface area contributed by atoms with Crippen LogP contribution in [0.4, 0.5) is 11.4 Å². The Morgan fingerprint density at radius 1 is 1.25 bits per heavy atom. The Labute approximate surface area is 166 Å². The minimum Gasteiger partial charge on any atom is -0.271 e. The smallest absolute Gasteiger partial charge is 0.270 e. The van der Waals surface area contributed by atoms with Crippen molar-refractivity contribution in [3.05, 3.63) is 69.2 Å². The molecule has 0 bridgehead atoms. The van der Waals surface area contributed by atoms with E-state index in [0.717, 1.165) is 10.6 Å². The lowest BCUT2D eigenvalue weighted by Gasteiger charge is -2.22. The molecule has 0 saturated heterocycles. The molecule has 0 aliphatic rings. The average molecular weight is 425 g/mol. The summed E-state index contributed by atoms with van der Waals surface area (Å²) in [7, 11) is -3.78. The van der Waals surface area contributed by atoms with Crippen LogP contribution in [-0.4, -0.2) is 37.8 Å². The van der Waals surface area contributed by atoms with E-state index in [2.05, 4.69) is 10.5 Å². The fraction of sp³-hybridized carbons (Fsp3) is 0.176. The number of hydrogen-bond donors (Lipinski definition) is 1. The van der Waals surface area contributed by atoms with Crippen molar-refractivity contribution in [1.82, 2.24) is 5.43 Å². The number of nitrogens with zero attached hydrogens (tertiary/aromatic N) is 3. The van der Waals surface area contributed by atoms with Gasteiger partial charge < -0.3 is 0 Å². The van der Waals surface area contributed by atoms with E-state index in [1.807, 2.05) is 0 Å². The van der Waals surface area contributed by atoms with Crippen molar-refractivity contribution < 1.29 is 18.1 Å². The molecular formula is C17H17ClN4O5S. The van der Waals surface area contributed by atoms with Crippen LogP contribution < -0.4 is 9.73 Å². The van der Waals surface area contributed by atoms with Gasteiger partial charge in [-0.25, -0.2) is 13.8 Å². The molecule has 0 saturated carbocycles. The summed E-state index contributed by atoms with van der Waals surface area (Å²) in [5.41, 5.74) is 3.07. The largest absolute Gasteiger partial charge is 0.271 e. The van der Waals surface area contributed by atoms with E-state index in [-0.39, 0.29) is 16.4 Å². The van der Waals surface area contributed by atoms with Gasteiger partial charge in [0.25, 0.3) is 11.6 Å². The highest BCUT2D eigenvalue weighted by Gasteiger charge is 2.22. The number of anilines is 1. The Morgan fingerprint density at radius 3 is 2.54 bits per heavy atom. The molecule has 9 nitrogen and oxygen atoms in total. The quantitative estimate of drug-likeness (QED) is 0.415. The van der Waals surface area contributed by atoms with Gasteiger partial charge >= 0.3 is 0 Å². The normalized spacial score (nSPS) is 11.8. The van der Waals surface area contributed by atoms with Crippen LogP contribution in [0.3, 0.4) is 0 Å². The number of non-ortho nitro benzene ring substituents is 1. The fourth-order valence-corrected chi connectivity index (χ4v) is 3.41. The summed E-state index contributed by atoms with van der Waals surface area (Å²) in [6, 6.07) is 12.0. The number of amides is 1. The molecular weight excluding hydrogens is 408 g/mol. The number of para-hydroxylation sites is 1. The number of sulfonamides is 1. The minimum absolute atomic E-state index is 0.111. The highest BCUT2D eigenvalue weighted by atomic mass is 35.5. The molecule has 0 fully saturated rings. The van der Waals surface area contributed by atoms with Gasteiger partial charge in [0.2, 0.25) is 10.0 Å². The van der Waals surface area contributed by atoms with Gasteiger partial charge in [0.1, 0.15) is 6.54 Å². The molecule has 148 valence electrons. The first-order valence-corrected chi connectivity index (χ1v) is 10.1. The highest BCUT2D eigenvalue weighted by molar-refractivity contribution is 7.92. The molecule has 1 amide bonds. The second-order valence-electron chi connectivity index (χ2n) is 5.76. The first-order valence-electron chi connectivity index (χ1n) is 7.90. The number of hydrazone groups is 1. The number of carbonyl (C=O) groups is 1. The van der Waals surface area contributed by atoms with Crippen molar-refractivity contribution in [3.8, 4) is 0 Å². The van der Waals surface area contributed by atoms with E-state index in [1.165, 1.54) is 30.3 Å². The monoisotopic (exact) mass is 424 g/mol. The van der Waals surface area contributed by atoms with Crippen LogP contribution in [0.5, 0.6) is 0 Å². The van der Waals surface area contributed by atoms with Gasteiger partial charge in [-0.05, 0) is 19.1 Å². The summed E-state index contributed by atoms with van der Waals surface area (Å²) in [5, 5.41) is 14.9. The molecule has 0 spiro atoms. The third-order valence-electron chi connectivity index (χ3n) is 3.63. The van der Waals surface area contributed by atoms with Gasteiger partial charge in [-0.2, -0.15) is 5.10 Å². The Hall–Kier alpha value is -2.98. The van der Waals surface area contributed by atoms with Crippen LogP contribution in [0.15, 0.2) is 53.6 Å². The maximum Gasteiger partial charge on any atom is 0.270 e. The predicted octanol–water partition coefficient (Wildman–Crippen LogP) is 2.55. The molecule has 2 aromatic rings.